The van der Waals surface area contributed by atoms with Crippen LogP contribution in [-0.2, 0) is 23.1 Å². The van der Waals surface area contributed by atoms with E-state index in [2.05, 4.69) is 37.7 Å². The summed E-state index contributed by atoms with van der Waals surface area (Å²) in [5.41, 5.74) is 4.19. The molecular weight excluding hydrogens is 290 g/mol. The van der Waals surface area contributed by atoms with Gasteiger partial charge in [0.15, 0.2) is 5.79 Å². The molecule has 1 spiro atoms. The summed E-state index contributed by atoms with van der Waals surface area (Å²) >= 11 is 0. The summed E-state index contributed by atoms with van der Waals surface area (Å²) in [7, 11) is 5.56. The van der Waals surface area contributed by atoms with Crippen LogP contribution < -0.4 is 0 Å². The van der Waals surface area contributed by atoms with Gasteiger partial charge in [0, 0.05) is 69.9 Å². The Labute approximate surface area is 139 Å². The van der Waals surface area contributed by atoms with Crippen LogP contribution in [0.2, 0.25) is 0 Å². The third-order valence-electron chi connectivity index (χ3n) is 6.18. The Morgan fingerprint density at radius 1 is 1.22 bits per heavy atom. The summed E-state index contributed by atoms with van der Waals surface area (Å²) in [6, 6.07) is 0.597. The zero-order chi connectivity index (χ0) is 17.0. The molecule has 1 saturated carbocycles. The van der Waals surface area contributed by atoms with E-state index in [0.29, 0.717) is 17.4 Å². The predicted octanol–water partition coefficient (Wildman–Crippen LogP) is 2.65. The van der Waals surface area contributed by atoms with Crippen LogP contribution in [0.25, 0.3) is 0 Å². The largest absolute Gasteiger partial charge is 0.353 e. The Bertz CT molecular complexity index is 581. The van der Waals surface area contributed by atoms with Crippen LogP contribution in [0.5, 0.6) is 0 Å². The molecule has 1 atom stereocenters. The SMILES string of the molecule is COC1(OC)CC2(CN(Cc3c(C)nn(C)c3C)C2C(C)C)C1. The van der Waals surface area contributed by atoms with Gasteiger partial charge < -0.3 is 9.47 Å². The number of hydrogen-bond acceptors (Lipinski definition) is 4. The van der Waals surface area contributed by atoms with Crippen molar-refractivity contribution in [3.05, 3.63) is 17.0 Å². The van der Waals surface area contributed by atoms with Crippen molar-refractivity contribution in [3.63, 3.8) is 0 Å². The quantitative estimate of drug-likeness (QED) is 0.782. The van der Waals surface area contributed by atoms with Gasteiger partial charge in [-0.15, -0.1) is 0 Å². The Kier molecular flexibility index (Phi) is 4.10. The highest BCUT2D eigenvalue weighted by Gasteiger charge is 2.66. The smallest absolute Gasteiger partial charge is 0.168 e. The maximum absolute atomic E-state index is 5.62. The highest BCUT2D eigenvalue weighted by Crippen LogP contribution is 2.61. The summed E-state index contributed by atoms with van der Waals surface area (Å²) in [6.07, 6.45) is 2.02. The minimum absolute atomic E-state index is 0.348. The van der Waals surface area contributed by atoms with E-state index in [1.807, 2.05) is 11.7 Å². The van der Waals surface area contributed by atoms with E-state index >= 15 is 0 Å². The second kappa shape index (κ2) is 5.57. The van der Waals surface area contributed by atoms with Crippen molar-refractivity contribution < 1.29 is 9.47 Å². The van der Waals surface area contributed by atoms with Gasteiger partial charge >= 0.3 is 0 Å². The topological polar surface area (TPSA) is 39.5 Å². The highest BCUT2D eigenvalue weighted by molar-refractivity contribution is 5.26. The summed E-state index contributed by atoms with van der Waals surface area (Å²) in [5.74, 6) is 0.284. The lowest BCUT2D eigenvalue weighted by atomic mass is 9.52. The van der Waals surface area contributed by atoms with Gasteiger partial charge in [0.25, 0.3) is 0 Å². The van der Waals surface area contributed by atoms with Crippen LogP contribution in [-0.4, -0.2) is 47.3 Å². The molecule has 5 heteroatoms. The van der Waals surface area contributed by atoms with Crippen LogP contribution in [0.15, 0.2) is 0 Å². The molecule has 0 N–H and O–H groups in total. The summed E-state index contributed by atoms with van der Waals surface area (Å²) in [4.78, 5) is 2.62. The summed E-state index contributed by atoms with van der Waals surface area (Å²) in [5, 5.41) is 4.56. The number of hydrogen-bond donors (Lipinski definition) is 0. The molecule has 1 aromatic heterocycles. The van der Waals surface area contributed by atoms with Crippen molar-refractivity contribution >= 4 is 0 Å². The number of methoxy groups -OCH3 is 2. The van der Waals surface area contributed by atoms with Crippen molar-refractivity contribution in [1.29, 1.82) is 0 Å². The van der Waals surface area contributed by atoms with Crippen LogP contribution in [0.4, 0.5) is 0 Å². The second-order valence-corrected chi connectivity index (χ2v) is 7.90. The average molecular weight is 321 g/mol. The van der Waals surface area contributed by atoms with Crippen LogP contribution in [0.3, 0.4) is 0 Å². The first kappa shape index (κ1) is 16.9. The maximum Gasteiger partial charge on any atom is 0.168 e. The zero-order valence-corrected chi connectivity index (χ0v) is 15.6. The van der Waals surface area contributed by atoms with E-state index in [-0.39, 0.29) is 5.79 Å². The number of rotatable bonds is 5. The highest BCUT2D eigenvalue weighted by atomic mass is 16.7. The van der Waals surface area contributed by atoms with Gasteiger partial charge in [-0.25, -0.2) is 0 Å². The normalized spacial score (nSPS) is 25.7. The standard InChI is InChI=1S/C18H31N3O2/c1-12(2)16-17(9-18(10-17,22-6)23-7)11-21(16)8-15-13(3)19-20(5)14(15)4/h12,16H,8-11H2,1-7H3. The van der Waals surface area contributed by atoms with E-state index in [0.717, 1.165) is 31.6 Å². The molecule has 130 valence electrons. The third-order valence-corrected chi connectivity index (χ3v) is 6.18. The fraction of sp³-hybridized carbons (Fsp3) is 0.833. The van der Waals surface area contributed by atoms with Crippen LogP contribution >= 0.6 is 0 Å². The van der Waals surface area contributed by atoms with Crippen molar-refractivity contribution in [2.45, 2.75) is 58.9 Å². The first-order chi connectivity index (χ1) is 10.8. The molecule has 2 aliphatic rings. The minimum Gasteiger partial charge on any atom is -0.353 e. The van der Waals surface area contributed by atoms with Crippen molar-refractivity contribution in [3.8, 4) is 0 Å². The van der Waals surface area contributed by atoms with Crippen LogP contribution in [0.1, 0.15) is 43.6 Å². The molecule has 0 bridgehead atoms. The molecule has 0 aromatic carbocycles. The molecule has 1 aliphatic heterocycles. The molecule has 1 saturated heterocycles. The minimum atomic E-state index is -0.348. The molecule has 23 heavy (non-hydrogen) atoms. The van der Waals surface area contributed by atoms with Gasteiger partial charge in [-0.3, -0.25) is 9.58 Å². The van der Waals surface area contributed by atoms with E-state index in [1.54, 1.807) is 14.2 Å². The molecule has 3 rings (SSSR count). The number of ether oxygens (including phenoxy) is 2. The Morgan fingerprint density at radius 3 is 2.26 bits per heavy atom. The molecule has 0 radical (unpaired) electrons. The molecule has 1 aromatic rings. The molecular formula is C18H31N3O2. The van der Waals surface area contributed by atoms with Crippen molar-refractivity contribution in [2.75, 3.05) is 20.8 Å². The lowest BCUT2D eigenvalue weighted by molar-refractivity contribution is -0.339. The number of likely N-dealkylation sites (tertiary alicyclic amines) is 1. The van der Waals surface area contributed by atoms with Gasteiger partial charge in [0.2, 0.25) is 0 Å². The Hall–Kier alpha value is -0.910. The first-order valence-electron chi connectivity index (χ1n) is 8.61. The van der Waals surface area contributed by atoms with Gasteiger partial charge in [-0.2, -0.15) is 5.10 Å². The lowest BCUT2D eigenvalue weighted by Crippen LogP contribution is -2.75. The molecule has 2 fully saturated rings. The summed E-state index contributed by atoms with van der Waals surface area (Å²) in [6.45, 7) is 11.1. The fourth-order valence-electron chi connectivity index (χ4n) is 5.12. The number of aryl methyl sites for hydroxylation is 2. The second-order valence-electron chi connectivity index (χ2n) is 7.90. The first-order valence-corrected chi connectivity index (χ1v) is 8.61. The predicted molar refractivity (Wildman–Crippen MR) is 90.1 cm³/mol. The van der Waals surface area contributed by atoms with Gasteiger partial charge in [-0.05, 0) is 19.8 Å². The van der Waals surface area contributed by atoms with Gasteiger partial charge in [-0.1, -0.05) is 13.8 Å². The lowest BCUT2D eigenvalue weighted by Gasteiger charge is -2.68. The van der Waals surface area contributed by atoms with E-state index in [9.17, 15) is 0 Å². The summed E-state index contributed by atoms with van der Waals surface area (Å²) < 4.78 is 13.2. The maximum atomic E-state index is 5.62. The van der Waals surface area contributed by atoms with E-state index in [1.165, 1.54) is 11.3 Å². The third kappa shape index (κ3) is 2.44. The monoisotopic (exact) mass is 321 g/mol. The number of aromatic nitrogens is 2. The number of nitrogens with zero attached hydrogens (tertiary/aromatic N) is 3. The van der Waals surface area contributed by atoms with Gasteiger partial charge in [0.05, 0.1) is 5.69 Å². The van der Waals surface area contributed by atoms with E-state index < -0.39 is 0 Å². The van der Waals surface area contributed by atoms with Crippen molar-refractivity contribution in [2.24, 2.45) is 18.4 Å². The van der Waals surface area contributed by atoms with Crippen LogP contribution in [0, 0.1) is 25.2 Å². The Morgan fingerprint density at radius 2 is 1.83 bits per heavy atom. The zero-order valence-electron chi connectivity index (χ0n) is 15.6. The Balaban J connectivity index is 1.74. The molecule has 1 aliphatic carbocycles. The average Bonchev–Trinajstić information content (AvgIpc) is 2.66. The molecule has 1 unspecified atom stereocenters. The molecule has 0 amide bonds. The fourth-order valence-corrected chi connectivity index (χ4v) is 5.12. The van der Waals surface area contributed by atoms with Crippen molar-refractivity contribution in [1.82, 2.24) is 14.7 Å². The van der Waals surface area contributed by atoms with Gasteiger partial charge in [0.1, 0.15) is 0 Å². The molecule has 2 heterocycles. The van der Waals surface area contributed by atoms with E-state index in [4.69, 9.17) is 9.47 Å². The molecule has 5 nitrogen and oxygen atoms in total.